The summed E-state index contributed by atoms with van der Waals surface area (Å²) in [5, 5.41) is 31.6. The zero-order chi connectivity index (χ0) is 25.2. The van der Waals surface area contributed by atoms with Gasteiger partial charge in [0.2, 0.25) is 5.91 Å². The summed E-state index contributed by atoms with van der Waals surface area (Å²) in [7, 11) is 1.94. The van der Waals surface area contributed by atoms with Crippen LogP contribution in [0.15, 0.2) is 36.4 Å². The minimum Gasteiger partial charge on any atom is -0.490 e. The predicted molar refractivity (Wildman–Crippen MR) is 137 cm³/mol. The van der Waals surface area contributed by atoms with Gasteiger partial charge in [-0.25, -0.2) is 0 Å². The van der Waals surface area contributed by atoms with Gasteiger partial charge in [0.25, 0.3) is 0 Å². The Kier molecular flexibility index (Phi) is 6.75. The van der Waals surface area contributed by atoms with Gasteiger partial charge in [-0.3, -0.25) is 15.6 Å². The fraction of sp³-hybridized carbons (Fsp3) is 0.429. The molecule has 2 unspecified atom stereocenters. The van der Waals surface area contributed by atoms with Crippen LogP contribution in [0.5, 0.6) is 5.75 Å². The zero-order valence-electron chi connectivity index (χ0n) is 20.6. The van der Waals surface area contributed by atoms with E-state index in [1.54, 1.807) is 0 Å². The molecule has 0 radical (unpaired) electrons. The number of nitrogens with one attached hydrogen (secondary N) is 4. The fourth-order valence-corrected chi connectivity index (χ4v) is 5.82. The van der Waals surface area contributed by atoms with E-state index in [1.807, 2.05) is 42.3 Å². The highest BCUT2D eigenvalue weighted by molar-refractivity contribution is 6.06. The molecule has 2 heterocycles. The van der Waals surface area contributed by atoms with Crippen molar-refractivity contribution in [3.63, 3.8) is 0 Å². The first-order valence-corrected chi connectivity index (χ1v) is 12.7. The minimum absolute atomic E-state index is 0.0852. The van der Waals surface area contributed by atoms with Crippen LogP contribution in [0.1, 0.15) is 72.3 Å². The number of ether oxygens (including phenoxy) is 1. The maximum Gasteiger partial charge on any atom is 0.248 e. The summed E-state index contributed by atoms with van der Waals surface area (Å²) in [6.45, 7) is 1.27. The third-order valence-corrected chi connectivity index (χ3v) is 7.59. The van der Waals surface area contributed by atoms with E-state index in [-0.39, 0.29) is 17.8 Å². The van der Waals surface area contributed by atoms with Crippen molar-refractivity contribution in [2.75, 3.05) is 7.05 Å². The molecule has 3 aliphatic rings. The number of amides is 1. The van der Waals surface area contributed by atoms with Gasteiger partial charge >= 0.3 is 0 Å². The Balaban J connectivity index is 1.29. The summed E-state index contributed by atoms with van der Waals surface area (Å²) in [5.74, 6) is 1.55. The Morgan fingerprint density at radius 2 is 2.06 bits per heavy atom. The highest BCUT2D eigenvalue weighted by atomic mass is 16.5. The van der Waals surface area contributed by atoms with E-state index in [9.17, 15) is 10.1 Å². The topological polar surface area (TPSA) is 125 Å². The Morgan fingerprint density at radius 3 is 2.83 bits per heavy atom. The van der Waals surface area contributed by atoms with Crippen LogP contribution < -0.4 is 15.4 Å². The number of benzene rings is 2. The molecule has 1 saturated heterocycles. The first-order chi connectivity index (χ1) is 17.5. The van der Waals surface area contributed by atoms with E-state index in [2.05, 4.69) is 22.8 Å². The highest BCUT2D eigenvalue weighted by Gasteiger charge is 2.37. The summed E-state index contributed by atoms with van der Waals surface area (Å²) in [6.07, 6.45) is 5.20. The second kappa shape index (κ2) is 10.1. The number of piperidine rings is 1. The number of nitriles is 1. The molecule has 2 aromatic carbocycles. The number of amidine groups is 2. The van der Waals surface area contributed by atoms with Crippen LogP contribution in [-0.4, -0.2) is 41.7 Å². The molecule has 2 aliphatic heterocycles. The van der Waals surface area contributed by atoms with Crippen LogP contribution >= 0.6 is 0 Å². The van der Waals surface area contributed by atoms with Crippen molar-refractivity contribution >= 4 is 17.6 Å². The second-order valence-corrected chi connectivity index (χ2v) is 9.98. The second-order valence-electron chi connectivity index (χ2n) is 9.98. The molecule has 0 bridgehead atoms. The van der Waals surface area contributed by atoms with Crippen molar-refractivity contribution in [3.05, 3.63) is 64.2 Å². The number of rotatable bonds is 6. The Labute approximate surface area is 211 Å². The maximum atomic E-state index is 12.4. The lowest BCUT2D eigenvalue weighted by molar-refractivity contribution is -0.124. The van der Waals surface area contributed by atoms with Crippen LogP contribution in [-0.2, 0) is 17.9 Å². The van der Waals surface area contributed by atoms with Crippen LogP contribution in [0.4, 0.5) is 0 Å². The largest absolute Gasteiger partial charge is 0.490 e. The predicted octanol–water partition coefficient (Wildman–Crippen LogP) is 3.78. The van der Waals surface area contributed by atoms with E-state index in [0.29, 0.717) is 36.7 Å². The van der Waals surface area contributed by atoms with E-state index < -0.39 is 6.04 Å². The molecule has 4 N–H and O–H groups in total. The van der Waals surface area contributed by atoms with Gasteiger partial charge in [-0.2, -0.15) is 5.26 Å². The van der Waals surface area contributed by atoms with Gasteiger partial charge in [-0.1, -0.05) is 6.07 Å². The van der Waals surface area contributed by atoms with Crippen molar-refractivity contribution in [1.29, 1.82) is 16.1 Å². The van der Waals surface area contributed by atoms with Crippen LogP contribution in [0.2, 0.25) is 0 Å². The number of nitrogens with zero attached hydrogens (tertiary/aromatic N) is 2. The lowest BCUT2D eigenvalue weighted by Crippen LogP contribution is -2.52. The molecule has 36 heavy (non-hydrogen) atoms. The Hall–Kier alpha value is -3.70. The third kappa shape index (κ3) is 4.71. The standard InChI is InChI=1S/C28H32N6O2/c1-32-15-19-6-5-17(14-29)11-24(19)18-3-2-4-21(12-18)36-22-7-8-23-20(13-22)16-34(27(23)31)25-9-10-26(30)33-28(25)35/h5-8,11,13,18,21,25,31-32H,2-4,9-10,12,15-16H2,1H3,(H2,30,33,35)/t18?,21-,25?/m1/s1. The number of hydrogen-bond acceptors (Lipinski definition) is 6. The quantitative estimate of drug-likeness (QED) is 0.497. The lowest BCUT2D eigenvalue weighted by Gasteiger charge is -2.31. The van der Waals surface area contributed by atoms with E-state index >= 15 is 0 Å². The minimum atomic E-state index is -0.418. The summed E-state index contributed by atoms with van der Waals surface area (Å²) < 4.78 is 6.46. The molecular weight excluding hydrogens is 452 g/mol. The van der Waals surface area contributed by atoms with Crippen LogP contribution in [0.3, 0.4) is 0 Å². The van der Waals surface area contributed by atoms with Gasteiger partial charge in [0.05, 0.1) is 23.6 Å². The molecule has 0 aromatic heterocycles. The first-order valence-electron chi connectivity index (χ1n) is 12.7. The van der Waals surface area contributed by atoms with Crippen molar-refractivity contribution in [2.24, 2.45) is 0 Å². The number of fused-ring (bicyclic) bond motifs is 1. The first kappa shape index (κ1) is 24.0. The molecular formula is C28H32N6O2. The van der Waals surface area contributed by atoms with Crippen LogP contribution in [0, 0.1) is 22.1 Å². The molecule has 8 nitrogen and oxygen atoms in total. The maximum absolute atomic E-state index is 12.4. The summed E-state index contributed by atoms with van der Waals surface area (Å²) >= 11 is 0. The number of carbonyl (C=O) groups excluding carboxylic acids is 1. The Morgan fingerprint density at radius 1 is 1.19 bits per heavy atom. The molecule has 5 rings (SSSR count). The van der Waals surface area contributed by atoms with E-state index in [1.165, 1.54) is 11.1 Å². The van der Waals surface area contributed by atoms with Crippen molar-refractivity contribution in [1.82, 2.24) is 15.5 Å². The third-order valence-electron chi connectivity index (χ3n) is 7.59. The molecule has 3 atom stereocenters. The summed E-state index contributed by atoms with van der Waals surface area (Å²) in [4.78, 5) is 14.3. The monoisotopic (exact) mass is 484 g/mol. The normalized spacial score (nSPS) is 23.7. The Bertz CT molecular complexity index is 1250. The van der Waals surface area contributed by atoms with E-state index in [4.69, 9.17) is 15.6 Å². The molecule has 2 aromatic rings. The summed E-state index contributed by atoms with van der Waals surface area (Å²) in [5.41, 5.74) is 5.01. The molecule has 186 valence electrons. The van der Waals surface area contributed by atoms with Crippen molar-refractivity contribution in [2.45, 2.75) is 69.7 Å². The average molecular weight is 485 g/mol. The molecule has 8 heteroatoms. The van der Waals surface area contributed by atoms with Gasteiger partial charge in [-0.15, -0.1) is 0 Å². The molecule has 1 amide bonds. The smallest absolute Gasteiger partial charge is 0.248 e. The zero-order valence-corrected chi connectivity index (χ0v) is 20.6. The van der Waals surface area contributed by atoms with Gasteiger partial charge < -0.3 is 20.3 Å². The molecule has 0 spiro atoms. The average Bonchev–Trinajstić information content (AvgIpc) is 3.20. The molecule has 1 saturated carbocycles. The van der Waals surface area contributed by atoms with Gasteiger partial charge in [-0.05, 0) is 92.1 Å². The number of carbonyl (C=O) groups is 1. The highest BCUT2D eigenvalue weighted by Crippen LogP contribution is 2.38. The van der Waals surface area contributed by atoms with Crippen LogP contribution in [0.25, 0.3) is 0 Å². The SMILES string of the molecule is CNCc1ccc(C#N)cc1C1CCC[C@@H](Oc2ccc3c(c2)CN(C2CCC(=N)NC2=O)C3=N)C1. The van der Waals surface area contributed by atoms with Gasteiger partial charge in [0, 0.05) is 25.1 Å². The lowest BCUT2D eigenvalue weighted by atomic mass is 9.80. The van der Waals surface area contributed by atoms with Gasteiger partial charge in [0.1, 0.15) is 17.6 Å². The van der Waals surface area contributed by atoms with Gasteiger partial charge in [0.15, 0.2) is 0 Å². The van der Waals surface area contributed by atoms with Crippen molar-refractivity contribution in [3.8, 4) is 11.8 Å². The van der Waals surface area contributed by atoms with Crippen molar-refractivity contribution < 1.29 is 9.53 Å². The van der Waals surface area contributed by atoms with E-state index in [0.717, 1.165) is 49.1 Å². The summed E-state index contributed by atoms with van der Waals surface area (Å²) in [6, 6.07) is 13.7. The molecule has 1 aliphatic carbocycles. The number of hydrogen-bond donors (Lipinski definition) is 4. The fourth-order valence-electron chi connectivity index (χ4n) is 5.82. The molecule has 2 fully saturated rings.